The van der Waals surface area contributed by atoms with Crippen LogP contribution in [-0.2, 0) is 27.2 Å². The fraction of sp³-hybridized carbons (Fsp3) is 0.367. The van der Waals surface area contributed by atoms with E-state index in [0.29, 0.717) is 53.2 Å². The van der Waals surface area contributed by atoms with Crippen LogP contribution < -0.4 is 14.2 Å². The van der Waals surface area contributed by atoms with Crippen LogP contribution >= 0.6 is 0 Å². The van der Waals surface area contributed by atoms with E-state index in [1.165, 1.54) is 6.07 Å². The van der Waals surface area contributed by atoms with Crippen molar-refractivity contribution >= 4 is 15.8 Å². The predicted octanol–water partition coefficient (Wildman–Crippen LogP) is 6.20. The summed E-state index contributed by atoms with van der Waals surface area (Å²) in [6, 6.07) is 14.1. The molecule has 0 saturated heterocycles. The molecule has 11 heteroatoms. The maximum atomic E-state index is 14.1. The van der Waals surface area contributed by atoms with Crippen molar-refractivity contribution < 1.29 is 45.7 Å². The SMILES string of the molecule is CS(=O)(=O)CCCOc1ccc(-c2c(C(F)(F)F)ccc3c2CCC3Oc2ccc3c(c2)OC[C@H]3CC(=O)O)cc1. The first-order valence-corrected chi connectivity index (χ1v) is 15.2. The second kappa shape index (κ2) is 11.3. The number of carboxylic acid groups (broad SMARTS) is 1. The van der Waals surface area contributed by atoms with Gasteiger partial charge in [-0.2, -0.15) is 13.2 Å². The maximum absolute atomic E-state index is 14.1. The second-order valence-electron chi connectivity index (χ2n) is 10.4. The average Bonchev–Trinajstić information content (AvgIpc) is 3.49. The van der Waals surface area contributed by atoms with Crippen LogP contribution in [0.3, 0.4) is 0 Å². The first-order chi connectivity index (χ1) is 19.4. The zero-order chi connectivity index (χ0) is 29.4. The van der Waals surface area contributed by atoms with Crippen LogP contribution in [0.2, 0.25) is 0 Å². The van der Waals surface area contributed by atoms with Crippen LogP contribution in [0, 0.1) is 0 Å². The maximum Gasteiger partial charge on any atom is 0.417 e. The Labute approximate surface area is 235 Å². The fourth-order valence-corrected chi connectivity index (χ4v) is 6.10. The van der Waals surface area contributed by atoms with Gasteiger partial charge >= 0.3 is 12.1 Å². The zero-order valence-electron chi connectivity index (χ0n) is 22.2. The number of rotatable bonds is 10. The lowest BCUT2D eigenvalue weighted by Crippen LogP contribution is -2.10. The summed E-state index contributed by atoms with van der Waals surface area (Å²) in [6.07, 6.45) is -2.72. The van der Waals surface area contributed by atoms with E-state index in [2.05, 4.69) is 0 Å². The third-order valence-electron chi connectivity index (χ3n) is 7.29. The Morgan fingerprint density at radius 1 is 1.05 bits per heavy atom. The van der Waals surface area contributed by atoms with Gasteiger partial charge in [-0.3, -0.25) is 4.79 Å². The van der Waals surface area contributed by atoms with Crippen LogP contribution in [0.15, 0.2) is 54.6 Å². The number of ether oxygens (including phenoxy) is 3. The Morgan fingerprint density at radius 2 is 1.76 bits per heavy atom. The monoisotopic (exact) mass is 590 g/mol. The molecule has 0 fully saturated rings. The molecule has 1 N–H and O–H groups in total. The fourth-order valence-electron chi connectivity index (χ4n) is 5.46. The molecular formula is C30H29F3O7S. The van der Waals surface area contributed by atoms with Gasteiger partial charge in [-0.05, 0) is 65.8 Å². The number of aliphatic carboxylic acids is 1. The largest absolute Gasteiger partial charge is 0.494 e. The van der Waals surface area contributed by atoms with Gasteiger partial charge in [-0.15, -0.1) is 0 Å². The summed E-state index contributed by atoms with van der Waals surface area (Å²) in [4.78, 5) is 11.1. The topological polar surface area (TPSA) is 99.1 Å². The number of fused-ring (bicyclic) bond motifs is 2. The van der Waals surface area contributed by atoms with E-state index in [9.17, 15) is 26.4 Å². The van der Waals surface area contributed by atoms with Crippen LogP contribution in [-0.4, -0.2) is 44.7 Å². The molecule has 5 rings (SSSR count). The van der Waals surface area contributed by atoms with Gasteiger partial charge in [0.25, 0.3) is 0 Å². The molecule has 0 amide bonds. The third-order valence-corrected chi connectivity index (χ3v) is 8.32. The van der Waals surface area contributed by atoms with Crippen molar-refractivity contribution in [1.29, 1.82) is 0 Å². The van der Waals surface area contributed by atoms with Crippen molar-refractivity contribution in [2.45, 2.75) is 43.9 Å². The minimum absolute atomic E-state index is 0.0108. The summed E-state index contributed by atoms with van der Waals surface area (Å²) in [6.45, 7) is 0.444. The second-order valence-corrected chi connectivity index (χ2v) is 12.6. The Balaban J connectivity index is 1.37. The van der Waals surface area contributed by atoms with Crippen molar-refractivity contribution in [3.8, 4) is 28.4 Å². The van der Waals surface area contributed by atoms with Crippen molar-refractivity contribution in [3.05, 3.63) is 76.9 Å². The molecule has 41 heavy (non-hydrogen) atoms. The number of sulfone groups is 1. The zero-order valence-corrected chi connectivity index (χ0v) is 23.1. The van der Waals surface area contributed by atoms with Crippen molar-refractivity contribution in [2.75, 3.05) is 25.2 Å². The van der Waals surface area contributed by atoms with Gasteiger partial charge in [-0.1, -0.05) is 24.3 Å². The molecule has 0 aromatic heterocycles. The number of alkyl halides is 3. The molecule has 1 heterocycles. The number of benzene rings is 3. The first kappa shape index (κ1) is 28.8. The van der Waals surface area contributed by atoms with Crippen molar-refractivity contribution in [2.24, 2.45) is 0 Å². The lowest BCUT2D eigenvalue weighted by atomic mass is 9.91. The Bertz CT molecular complexity index is 1550. The van der Waals surface area contributed by atoms with Crippen LogP contribution in [0.25, 0.3) is 11.1 Å². The molecular weight excluding hydrogens is 561 g/mol. The van der Waals surface area contributed by atoms with E-state index in [0.717, 1.165) is 17.9 Å². The number of hydrogen-bond acceptors (Lipinski definition) is 6. The van der Waals surface area contributed by atoms with Crippen LogP contribution in [0.5, 0.6) is 17.2 Å². The van der Waals surface area contributed by atoms with Gasteiger partial charge in [-0.25, -0.2) is 8.42 Å². The average molecular weight is 591 g/mol. The highest BCUT2D eigenvalue weighted by atomic mass is 32.2. The lowest BCUT2D eigenvalue weighted by molar-refractivity contribution is -0.138. The molecule has 0 spiro atoms. The quantitative estimate of drug-likeness (QED) is 0.281. The van der Waals surface area contributed by atoms with Crippen molar-refractivity contribution in [1.82, 2.24) is 0 Å². The van der Waals surface area contributed by atoms with E-state index in [-0.39, 0.29) is 36.9 Å². The first-order valence-electron chi connectivity index (χ1n) is 13.2. The van der Waals surface area contributed by atoms with Crippen molar-refractivity contribution in [3.63, 3.8) is 0 Å². The third kappa shape index (κ3) is 6.61. The molecule has 0 bridgehead atoms. The van der Waals surface area contributed by atoms with E-state index in [1.54, 1.807) is 42.5 Å². The number of carboxylic acids is 1. The highest BCUT2D eigenvalue weighted by Crippen LogP contribution is 2.47. The van der Waals surface area contributed by atoms with Gasteiger partial charge < -0.3 is 19.3 Å². The van der Waals surface area contributed by atoms with E-state index in [1.807, 2.05) is 0 Å². The van der Waals surface area contributed by atoms with E-state index >= 15 is 0 Å². The van der Waals surface area contributed by atoms with Gasteiger partial charge in [0.15, 0.2) is 0 Å². The summed E-state index contributed by atoms with van der Waals surface area (Å²) >= 11 is 0. The number of carbonyl (C=O) groups is 1. The molecule has 3 aromatic carbocycles. The smallest absolute Gasteiger partial charge is 0.417 e. The summed E-state index contributed by atoms with van der Waals surface area (Å²) < 4.78 is 82.4. The summed E-state index contributed by atoms with van der Waals surface area (Å²) in [5.41, 5.74) is 1.83. The summed E-state index contributed by atoms with van der Waals surface area (Å²) in [5.74, 6) is 0.332. The highest BCUT2D eigenvalue weighted by Gasteiger charge is 2.38. The molecule has 2 atom stereocenters. The Hall–Kier alpha value is -3.73. The molecule has 7 nitrogen and oxygen atoms in total. The molecule has 1 aliphatic heterocycles. The molecule has 1 unspecified atom stereocenters. The molecule has 1 aliphatic carbocycles. The highest BCUT2D eigenvalue weighted by molar-refractivity contribution is 7.90. The normalized spacial score (nSPS) is 18.0. The lowest BCUT2D eigenvalue weighted by Gasteiger charge is -2.20. The van der Waals surface area contributed by atoms with E-state index in [4.69, 9.17) is 19.3 Å². The predicted molar refractivity (Wildman–Crippen MR) is 145 cm³/mol. The molecule has 3 aromatic rings. The van der Waals surface area contributed by atoms with Gasteiger partial charge in [0.2, 0.25) is 0 Å². The summed E-state index contributed by atoms with van der Waals surface area (Å²) in [7, 11) is -3.10. The number of hydrogen-bond donors (Lipinski definition) is 1. The van der Waals surface area contributed by atoms with Crippen LogP contribution in [0.4, 0.5) is 13.2 Å². The number of halogens is 3. The molecule has 218 valence electrons. The molecule has 0 saturated carbocycles. The van der Waals surface area contributed by atoms with Gasteiger partial charge in [0.05, 0.1) is 31.0 Å². The van der Waals surface area contributed by atoms with Crippen LogP contribution in [0.1, 0.15) is 53.5 Å². The van der Waals surface area contributed by atoms with Gasteiger partial charge in [0.1, 0.15) is 33.2 Å². The minimum Gasteiger partial charge on any atom is -0.494 e. The van der Waals surface area contributed by atoms with Gasteiger partial charge in [0, 0.05) is 23.8 Å². The Morgan fingerprint density at radius 3 is 2.44 bits per heavy atom. The Kier molecular flexibility index (Phi) is 7.91. The minimum atomic E-state index is -4.56. The van der Waals surface area contributed by atoms with E-state index < -0.39 is 33.7 Å². The molecule has 0 radical (unpaired) electrons. The standard InChI is InChI=1S/C30H29F3O7S/c1-41(36,37)14-2-13-38-20-5-3-18(4-6-20)29-24-10-12-26(23(24)9-11-25(29)30(31,32)33)40-21-7-8-22-19(15-28(34)35)17-39-27(22)16-21/h3-9,11,16,19,26H,2,10,12-15,17H2,1H3,(H,34,35)/t19-,26?/m1/s1. The molecule has 2 aliphatic rings. The summed E-state index contributed by atoms with van der Waals surface area (Å²) in [5, 5.41) is 9.12.